The molecule has 0 bridgehead atoms. The van der Waals surface area contributed by atoms with E-state index >= 15 is 0 Å². The zero-order valence-electron chi connectivity index (χ0n) is 14.3. The van der Waals surface area contributed by atoms with Crippen molar-refractivity contribution in [3.05, 3.63) is 44.8 Å². The highest BCUT2D eigenvalue weighted by atomic mass is 32.1. The highest BCUT2D eigenvalue weighted by Crippen LogP contribution is 2.27. The van der Waals surface area contributed by atoms with Crippen LogP contribution < -0.4 is 5.32 Å². The first-order valence-corrected chi connectivity index (χ1v) is 10.2. The van der Waals surface area contributed by atoms with Crippen molar-refractivity contribution in [2.24, 2.45) is 0 Å². The fourth-order valence-electron chi connectivity index (χ4n) is 3.09. The quantitative estimate of drug-likeness (QED) is 0.807. The van der Waals surface area contributed by atoms with Crippen LogP contribution >= 0.6 is 22.7 Å². The number of hydrogen-bond acceptors (Lipinski definition) is 5. The molecule has 0 radical (unpaired) electrons. The van der Waals surface area contributed by atoms with E-state index in [9.17, 15) is 9.59 Å². The topological polar surface area (TPSA) is 52.7 Å². The van der Waals surface area contributed by atoms with E-state index in [1.54, 1.807) is 24.5 Å². The molecule has 1 saturated heterocycles. The molecule has 134 valence electrons. The van der Waals surface area contributed by atoms with Crippen molar-refractivity contribution in [3.8, 4) is 0 Å². The smallest absolute Gasteiger partial charge is 0.264 e. The van der Waals surface area contributed by atoms with Gasteiger partial charge in [0.05, 0.1) is 17.5 Å². The number of carbonyl (C=O) groups excluding carboxylic acids is 2. The maximum atomic E-state index is 12.3. The van der Waals surface area contributed by atoms with E-state index in [-0.39, 0.29) is 24.4 Å². The first-order chi connectivity index (χ1) is 12.1. The van der Waals surface area contributed by atoms with E-state index in [2.05, 4.69) is 27.7 Å². The number of amides is 2. The summed E-state index contributed by atoms with van der Waals surface area (Å²) in [7, 11) is 1.67. The summed E-state index contributed by atoms with van der Waals surface area (Å²) in [6.07, 6.45) is 2.43. The van der Waals surface area contributed by atoms with Gasteiger partial charge in [-0.3, -0.25) is 14.5 Å². The van der Waals surface area contributed by atoms with Crippen LogP contribution in [0.5, 0.6) is 0 Å². The van der Waals surface area contributed by atoms with Gasteiger partial charge >= 0.3 is 0 Å². The number of hydrogen-bond donors (Lipinski definition) is 1. The first-order valence-electron chi connectivity index (χ1n) is 8.48. The molecule has 0 saturated carbocycles. The molecule has 1 unspecified atom stereocenters. The van der Waals surface area contributed by atoms with Crippen LogP contribution in [-0.2, 0) is 4.79 Å². The highest BCUT2D eigenvalue weighted by Gasteiger charge is 2.25. The third-order valence-corrected chi connectivity index (χ3v) is 6.24. The molecular weight excluding hydrogens is 354 g/mol. The third kappa shape index (κ3) is 4.68. The molecular formula is C18H23N3O2S2. The molecule has 25 heavy (non-hydrogen) atoms. The van der Waals surface area contributed by atoms with Gasteiger partial charge in [-0.1, -0.05) is 12.1 Å². The molecule has 3 rings (SSSR count). The minimum absolute atomic E-state index is 0.0773. The van der Waals surface area contributed by atoms with Gasteiger partial charge in [-0.2, -0.15) is 0 Å². The van der Waals surface area contributed by atoms with Gasteiger partial charge in [0, 0.05) is 18.5 Å². The summed E-state index contributed by atoms with van der Waals surface area (Å²) >= 11 is 3.12. The first kappa shape index (κ1) is 18.1. The summed E-state index contributed by atoms with van der Waals surface area (Å²) in [4.78, 5) is 30.4. The van der Waals surface area contributed by atoms with Gasteiger partial charge in [-0.05, 0) is 48.8 Å². The number of thiophene rings is 2. The Bertz CT molecular complexity index is 679. The second kappa shape index (κ2) is 8.60. The van der Waals surface area contributed by atoms with E-state index in [1.165, 1.54) is 34.0 Å². The largest absolute Gasteiger partial charge is 0.353 e. The van der Waals surface area contributed by atoms with Gasteiger partial charge in [-0.15, -0.1) is 22.7 Å². The summed E-state index contributed by atoms with van der Waals surface area (Å²) in [5, 5.41) is 6.96. The van der Waals surface area contributed by atoms with Crippen LogP contribution in [0.2, 0.25) is 0 Å². The minimum Gasteiger partial charge on any atom is -0.353 e. The third-order valence-electron chi connectivity index (χ3n) is 4.41. The molecule has 2 amide bonds. The maximum Gasteiger partial charge on any atom is 0.264 e. The Kier molecular flexibility index (Phi) is 6.23. The van der Waals surface area contributed by atoms with Crippen LogP contribution in [-0.4, -0.2) is 54.8 Å². The Morgan fingerprint density at radius 1 is 1.20 bits per heavy atom. The van der Waals surface area contributed by atoms with Crippen molar-refractivity contribution in [1.29, 1.82) is 0 Å². The molecule has 7 heteroatoms. The number of likely N-dealkylation sites (tertiary alicyclic amines) is 1. The van der Waals surface area contributed by atoms with Crippen molar-refractivity contribution in [2.45, 2.75) is 18.9 Å². The van der Waals surface area contributed by atoms with Crippen LogP contribution in [0.15, 0.2) is 35.0 Å². The van der Waals surface area contributed by atoms with E-state index < -0.39 is 0 Å². The summed E-state index contributed by atoms with van der Waals surface area (Å²) in [5.41, 5.74) is 0. The van der Waals surface area contributed by atoms with Crippen molar-refractivity contribution < 1.29 is 9.59 Å². The second-order valence-corrected chi connectivity index (χ2v) is 8.14. The standard InChI is InChI=1S/C18H23N3O2S2/c1-20(18(23)16-7-5-11-25-16)13-17(22)19-12-14(15-6-4-10-24-15)21-8-2-3-9-21/h4-7,10-11,14H,2-3,8-9,12-13H2,1H3,(H,19,22). The summed E-state index contributed by atoms with van der Waals surface area (Å²) in [5.74, 6) is -0.229. The summed E-state index contributed by atoms with van der Waals surface area (Å²) < 4.78 is 0. The zero-order chi connectivity index (χ0) is 17.6. The van der Waals surface area contributed by atoms with Gasteiger partial charge in [0.25, 0.3) is 5.91 Å². The molecule has 1 fully saturated rings. The van der Waals surface area contributed by atoms with E-state index in [0.29, 0.717) is 11.4 Å². The van der Waals surface area contributed by atoms with Crippen LogP contribution in [0, 0.1) is 0 Å². The highest BCUT2D eigenvalue weighted by molar-refractivity contribution is 7.12. The minimum atomic E-state index is -0.117. The molecule has 5 nitrogen and oxygen atoms in total. The van der Waals surface area contributed by atoms with Crippen molar-refractivity contribution in [2.75, 3.05) is 33.2 Å². The molecule has 3 heterocycles. The molecule has 2 aromatic heterocycles. The molecule has 1 aliphatic rings. The molecule has 0 aromatic carbocycles. The number of carbonyl (C=O) groups is 2. The molecule has 0 aliphatic carbocycles. The lowest BCUT2D eigenvalue weighted by Crippen LogP contribution is -2.42. The summed E-state index contributed by atoms with van der Waals surface area (Å²) in [6, 6.07) is 8.03. The van der Waals surface area contributed by atoms with Crippen LogP contribution in [0.3, 0.4) is 0 Å². The lowest BCUT2D eigenvalue weighted by Gasteiger charge is -2.27. The van der Waals surface area contributed by atoms with Gasteiger partial charge < -0.3 is 10.2 Å². The number of likely N-dealkylation sites (N-methyl/N-ethyl adjacent to an activating group) is 1. The maximum absolute atomic E-state index is 12.3. The van der Waals surface area contributed by atoms with Gasteiger partial charge in [0.2, 0.25) is 5.91 Å². The predicted molar refractivity (Wildman–Crippen MR) is 102 cm³/mol. The van der Waals surface area contributed by atoms with Gasteiger partial charge in [-0.25, -0.2) is 0 Å². The van der Waals surface area contributed by atoms with Crippen LogP contribution in [0.25, 0.3) is 0 Å². The van der Waals surface area contributed by atoms with Gasteiger partial charge in [0.15, 0.2) is 0 Å². The normalized spacial score (nSPS) is 15.9. The SMILES string of the molecule is CN(CC(=O)NCC(c1cccs1)N1CCCC1)C(=O)c1cccs1. The molecule has 0 spiro atoms. The van der Waals surface area contributed by atoms with Crippen LogP contribution in [0.4, 0.5) is 0 Å². The Balaban J connectivity index is 1.53. The van der Waals surface area contributed by atoms with E-state index in [4.69, 9.17) is 0 Å². The molecule has 1 N–H and O–H groups in total. The van der Waals surface area contributed by atoms with E-state index in [0.717, 1.165) is 13.1 Å². The molecule has 1 atom stereocenters. The fourth-order valence-corrected chi connectivity index (χ4v) is 4.66. The number of rotatable bonds is 7. The van der Waals surface area contributed by atoms with E-state index in [1.807, 2.05) is 11.4 Å². The Morgan fingerprint density at radius 2 is 1.92 bits per heavy atom. The second-order valence-electron chi connectivity index (χ2n) is 6.22. The Hall–Kier alpha value is -1.70. The van der Waals surface area contributed by atoms with Crippen molar-refractivity contribution in [3.63, 3.8) is 0 Å². The van der Waals surface area contributed by atoms with Gasteiger partial charge in [0.1, 0.15) is 0 Å². The number of nitrogens with one attached hydrogen (secondary N) is 1. The van der Waals surface area contributed by atoms with Crippen molar-refractivity contribution in [1.82, 2.24) is 15.1 Å². The van der Waals surface area contributed by atoms with Crippen LogP contribution in [0.1, 0.15) is 33.4 Å². The predicted octanol–water partition coefficient (Wildman–Crippen LogP) is 2.83. The average Bonchev–Trinajstić information content (AvgIpc) is 3.36. The zero-order valence-corrected chi connectivity index (χ0v) is 15.9. The molecule has 2 aromatic rings. The average molecular weight is 378 g/mol. The number of nitrogens with zero attached hydrogens (tertiary/aromatic N) is 2. The Labute approximate surface area is 156 Å². The lowest BCUT2D eigenvalue weighted by atomic mass is 10.2. The lowest BCUT2D eigenvalue weighted by molar-refractivity contribution is -0.121. The monoisotopic (exact) mass is 377 g/mol. The Morgan fingerprint density at radius 3 is 2.56 bits per heavy atom. The molecule has 1 aliphatic heterocycles. The summed E-state index contributed by atoms with van der Waals surface area (Å²) in [6.45, 7) is 2.82. The fraction of sp³-hybridized carbons (Fsp3) is 0.444. The van der Waals surface area contributed by atoms with Crippen molar-refractivity contribution >= 4 is 34.5 Å².